The van der Waals surface area contributed by atoms with Crippen molar-refractivity contribution in [1.82, 2.24) is 5.32 Å². The molecule has 1 rings (SSSR count). The molecule has 1 heterocycles. The highest BCUT2D eigenvalue weighted by atomic mass is 35.7. The van der Waals surface area contributed by atoms with Gasteiger partial charge in [-0.1, -0.05) is 26.2 Å². The van der Waals surface area contributed by atoms with Gasteiger partial charge >= 0.3 is 0 Å². The van der Waals surface area contributed by atoms with Crippen LogP contribution in [0.1, 0.15) is 43.9 Å². The predicted octanol–water partition coefficient (Wildman–Crippen LogP) is 3.30. The lowest BCUT2D eigenvalue weighted by Crippen LogP contribution is -2.25. The third-order valence-electron chi connectivity index (χ3n) is 2.83. The van der Waals surface area contributed by atoms with E-state index < -0.39 is 9.05 Å². The van der Waals surface area contributed by atoms with Crippen molar-refractivity contribution in [3.63, 3.8) is 0 Å². The van der Waals surface area contributed by atoms with Crippen LogP contribution in [0, 0.1) is 0 Å². The summed E-state index contributed by atoms with van der Waals surface area (Å²) in [6.07, 6.45) is 5.52. The Kier molecular flexibility index (Phi) is 7.55. The molecule has 0 aliphatic rings. The third-order valence-corrected chi connectivity index (χ3v) is 6.07. The van der Waals surface area contributed by atoms with E-state index in [9.17, 15) is 13.2 Å². The number of amides is 1. The summed E-state index contributed by atoms with van der Waals surface area (Å²) in [7, 11) is 1.61. The highest BCUT2D eigenvalue weighted by Gasteiger charge is 2.12. The Morgan fingerprint density at radius 1 is 1.30 bits per heavy atom. The number of thiophene rings is 1. The maximum absolute atomic E-state index is 11.5. The van der Waals surface area contributed by atoms with Crippen molar-refractivity contribution in [3.05, 3.63) is 17.0 Å². The zero-order valence-corrected chi connectivity index (χ0v) is 13.9. The van der Waals surface area contributed by atoms with Gasteiger partial charge in [-0.25, -0.2) is 8.42 Å². The van der Waals surface area contributed by atoms with Gasteiger partial charge in [0.05, 0.1) is 0 Å². The second-order valence-electron chi connectivity index (χ2n) is 4.57. The lowest BCUT2D eigenvalue weighted by molar-refractivity contribution is -0.121. The monoisotopic (exact) mass is 337 g/mol. The van der Waals surface area contributed by atoms with E-state index in [1.807, 2.05) is 0 Å². The van der Waals surface area contributed by atoms with Crippen molar-refractivity contribution in [2.24, 2.45) is 0 Å². The number of rotatable bonds is 9. The first-order chi connectivity index (χ1) is 9.43. The maximum Gasteiger partial charge on any atom is 0.270 e. The van der Waals surface area contributed by atoms with Gasteiger partial charge in [0, 0.05) is 28.5 Å². The average molecular weight is 338 g/mol. The van der Waals surface area contributed by atoms with Gasteiger partial charge in [0.1, 0.15) is 4.21 Å². The van der Waals surface area contributed by atoms with Crippen molar-refractivity contribution in [2.75, 3.05) is 6.54 Å². The molecule has 0 unspecified atom stereocenters. The number of hydrogen-bond donors (Lipinski definition) is 1. The molecule has 0 aliphatic carbocycles. The fraction of sp³-hybridized carbons (Fsp3) is 0.615. The molecule has 1 aromatic heterocycles. The molecule has 4 nitrogen and oxygen atoms in total. The van der Waals surface area contributed by atoms with Crippen LogP contribution in [0.2, 0.25) is 0 Å². The molecule has 0 radical (unpaired) electrons. The normalized spacial score (nSPS) is 11.5. The van der Waals surface area contributed by atoms with Crippen molar-refractivity contribution in [3.8, 4) is 0 Å². The highest BCUT2D eigenvalue weighted by Crippen LogP contribution is 2.24. The summed E-state index contributed by atoms with van der Waals surface area (Å²) in [4.78, 5) is 12.4. The minimum atomic E-state index is -3.64. The van der Waals surface area contributed by atoms with E-state index in [4.69, 9.17) is 10.7 Å². The Hall–Kier alpha value is -0.590. The number of hydrogen-bond acceptors (Lipinski definition) is 4. The van der Waals surface area contributed by atoms with Gasteiger partial charge in [-0.05, 0) is 25.0 Å². The second-order valence-corrected chi connectivity index (χ2v) is 8.53. The van der Waals surface area contributed by atoms with E-state index in [2.05, 4.69) is 12.2 Å². The molecule has 0 spiro atoms. The van der Waals surface area contributed by atoms with E-state index in [0.29, 0.717) is 19.4 Å². The first kappa shape index (κ1) is 17.5. The van der Waals surface area contributed by atoms with Gasteiger partial charge in [0.25, 0.3) is 9.05 Å². The van der Waals surface area contributed by atoms with E-state index >= 15 is 0 Å². The molecule has 0 bridgehead atoms. The quantitative estimate of drug-likeness (QED) is 0.555. The minimum Gasteiger partial charge on any atom is -0.356 e. The lowest BCUT2D eigenvalue weighted by Gasteiger charge is -2.03. The number of halogens is 1. The summed E-state index contributed by atoms with van der Waals surface area (Å²) in [5.74, 6) is 0.0582. The minimum absolute atomic E-state index is 0.0582. The maximum atomic E-state index is 11.5. The first-order valence-electron chi connectivity index (χ1n) is 6.73. The van der Waals surface area contributed by atoms with E-state index in [1.165, 1.54) is 6.07 Å². The summed E-state index contributed by atoms with van der Waals surface area (Å²) in [6, 6.07) is 3.22. The Labute approximate surface area is 129 Å². The van der Waals surface area contributed by atoms with Crippen LogP contribution in [0.15, 0.2) is 16.3 Å². The zero-order chi connectivity index (χ0) is 15.0. The SMILES string of the molecule is CCCCCCC(=O)NCCc1ccc(S(=O)(=O)Cl)s1. The molecular formula is C13H20ClNO3S2. The van der Waals surface area contributed by atoms with Crippen LogP contribution in [-0.2, 0) is 20.3 Å². The second kappa shape index (κ2) is 8.64. The van der Waals surface area contributed by atoms with Crippen LogP contribution >= 0.6 is 22.0 Å². The third kappa shape index (κ3) is 6.72. The number of nitrogens with one attached hydrogen (secondary N) is 1. The van der Waals surface area contributed by atoms with Crippen LogP contribution in [0.4, 0.5) is 0 Å². The molecule has 1 amide bonds. The van der Waals surface area contributed by atoms with E-state index in [1.54, 1.807) is 6.07 Å². The van der Waals surface area contributed by atoms with Crippen molar-refractivity contribution in [1.29, 1.82) is 0 Å². The molecule has 1 N–H and O–H groups in total. The average Bonchev–Trinajstić information content (AvgIpc) is 2.83. The Balaban J connectivity index is 2.24. The molecule has 7 heteroatoms. The number of carbonyl (C=O) groups excluding carboxylic acids is 1. The van der Waals surface area contributed by atoms with Crippen molar-refractivity contribution < 1.29 is 13.2 Å². The molecule has 0 atom stereocenters. The van der Waals surface area contributed by atoms with Gasteiger partial charge < -0.3 is 5.32 Å². The Morgan fingerprint density at radius 3 is 2.65 bits per heavy atom. The fourth-order valence-corrected chi connectivity index (χ4v) is 3.87. The van der Waals surface area contributed by atoms with Gasteiger partial charge in [-0.15, -0.1) is 11.3 Å². The summed E-state index contributed by atoms with van der Waals surface area (Å²) in [6.45, 7) is 2.66. The molecule has 0 saturated carbocycles. The van der Waals surface area contributed by atoms with Crippen LogP contribution in [-0.4, -0.2) is 20.9 Å². The largest absolute Gasteiger partial charge is 0.356 e. The molecule has 0 saturated heterocycles. The number of carbonyl (C=O) groups is 1. The zero-order valence-electron chi connectivity index (χ0n) is 11.5. The van der Waals surface area contributed by atoms with Gasteiger partial charge in [0.15, 0.2) is 0 Å². The van der Waals surface area contributed by atoms with Crippen LogP contribution < -0.4 is 5.32 Å². The molecule has 114 valence electrons. The molecule has 1 aromatic rings. The van der Waals surface area contributed by atoms with Crippen LogP contribution in [0.25, 0.3) is 0 Å². The molecule has 0 aromatic carbocycles. The van der Waals surface area contributed by atoms with E-state index in [0.717, 1.165) is 41.9 Å². The van der Waals surface area contributed by atoms with Crippen molar-refractivity contribution >= 4 is 37.0 Å². The molecular weight excluding hydrogens is 318 g/mol. The number of unbranched alkanes of at least 4 members (excludes halogenated alkanes) is 3. The summed E-state index contributed by atoms with van der Waals surface area (Å²) < 4.78 is 22.4. The van der Waals surface area contributed by atoms with Crippen LogP contribution in [0.5, 0.6) is 0 Å². The van der Waals surface area contributed by atoms with Crippen LogP contribution in [0.3, 0.4) is 0 Å². The first-order valence-corrected chi connectivity index (χ1v) is 9.86. The summed E-state index contributed by atoms with van der Waals surface area (Å²) >= 11 is 1.14. The van der Waals surface area contributed by atoms with Gasteiger partial charge in [0.2, 0.25) is 5.91 Å². The molecule has 0 aliphatic heterocycles. The Morgan fingerprint density at radius 2 is 2.05 bits per heavy atom. The fourth-order valence-electron chi connectivity index (χ4n) is 1.75. The van der Waals surface area contributed by atoms with E-state index in [-0.39, 0.29) is 10.1 Å². The van der Waals surface area contributed by atoms with Gasteiger partial charge in [-0.3, -0.25) is 4.79 Å². The smallest absolute Gasteiger partial charge is 0.270 e. The van der Waals surface area contributed by atoms with Crippen molar-refractivity contribution in [2.45, 2.75) is 49.7 Å². The van der Waals surface area contributed by atoms with Gasteiger partial charge in [-0.2, -0.15) is 0 Å². The Bertz CT molecular complexity index is 525. The predicted molar refractivity (Wildman–Crippen MR) is 82.8 cm³/mol. The molecule has 20 heavy (non-hydrogen) atoms. The standard InChI is InChI=1S/C13H20ClNO3S2/c1-2-3-4-5-6-12(16)15-10-9-11-7-8-13(19-11)20(14,17)18/h7-8H,2-6,9-10H2,1H3,(H,15,16). The lowest BCUT2D eigenvalue weighted by atomic mass is 10.1. The topological polar surface area (TPSA) is 63.2 Å². The summed E-state index contributed by atoms with van der Waals surface area (Å²) in [5.41, 5.74) is 0. The summed E-state index contributed by atoms with van der Waals surface area (Å²) in [5, 5.41) is 2.84. The molecule has 0 fully saturated rings. The highest BCUT2D eigenvalue weighted by molar-refractivity contribution is 8.15.